The third-order valence-electron chi connectivity index (χ3n) is 5.26. The summed E-state index contributed by atoms with van der Waals surface area (Å²) < 4.78 is 18.8. The Balaban J connectivity index is 0.00000363. The summed E-state index contributed by atoms with van der Waals surface area (Å²) in [6.07, 6.45) is 0.102. The molecule has 1 amide bonds. The quantitative estimate of drug-likeness (QED) is 0.346. The van der Waals surface area contributed by atoms with E-state index in [1.807, 2.05) is 55.0 Å². The fourth-order valence-corrected chi connectivity index (χ4v) is 3.80. The Kier molecular flexibility index (Phi) is 9.89. The van der Waals surface area contributed by atoms with Gasteiger partial charge in [-0.25, -0.2) is 4.39 Å². The number of guanidine groups is 1. The molecule has 0 bridgehead atoms. The van der Waals surface area contributed by atoms with Crippen molar-refractivity contribution in [3.8, 4) is 0 Å². The smallest absolute Gasteiger partial charge is 0.254 e. The van der Waals surface area contributed by atoms with E-state index in [2.05, 4.69) is 10.3 Å². The molecule has 1 saturated heterocycles. The summed E-state index contributed by atoms with van der Waals surface area (Å²) in [5.41, 5.74) is 2.74. The van der Waals surface area contributed by atoms with E-state index in [9.17, 15) is 9.18 Å². The second kappa shape index (κ2) is 12.2. The Morgan fingerprint density at radius 2 is 1.66 bits per heavy atom. The molecule has 1 aliphatic heterocycles. The number of amides is 1. The summed E-state index contributed by atoms with van der Waals surface area (Å²) in [4.78, 5) is 21.0. The van der Waals surface area contributed by atoms with E-state index in [1.165, 1.54) is 12.1 Å². The van der Waals surface area contributed by atoms with Crippen LogP contribution in [0.2, 0.25) is 0 Å². The number of carbonyl (C=O) groups is 1. The van der Waals surface area contributed by atoms with E-state index in [0.29, 0.717) is 31.7 Å². The van der Waals surface area contributed by atoms with Crippen LogP contribution in [0.15, 0.2) is 53.5 Å². The number of benzene rings is 2. The molecule has 8 heteroatoms. The van der Waals surface area contributed by atoms with Crippen molar-refractivity contribution >= 4 is 35.8 Å². The first-order valence-corrected chi connectivity index (χ1v) is 10.6. The van der Waals surface area contributed by atoms with Gasteiger partial charge in [-0.2, -0.15) is 0 Å². The van der Waals surface area contributed by atoms with Gasteiger partial charge in [0.2, 0.25) is 0 Å². The van der Waals surface area contributed by atoms with Crippen molar-refractivity contribution in [3.63, 3.8) is 0 Å². The maximum atomic E-state index is 13.1. The van der Waals surface area contributed by atoms with Crippen molar-refractivity contribution in [1.29, 1.82) is 0 Å². The third kappa shape index (κ3) is 7.16. The van der Waals surface area contributed by atoms with Crippen LogP contribution in [0.1, 0.15) is 35.3 Å². The lowest BCUT2D eigenvalue weighted by Crippen LogP contribution is -2.48. The van der Waals surface area contributed by atoms with Gasteiger partial charge in [-0.15, -0.1) is 24.0 Å². The van der Waals surface area contributed by atoms with Crippen LogP contribution < -0.4 is 5.32 Å². The highest BCUT2D eigenvalue weighted by molar-refractivity contribution is 14.0. The van der Waals surface area contributed by atoms with Gasteiger partial charge >= 0.3 is 0 Å². The maximum Gasteiger partial charge on any atom is 0.254 e. The normalized spacial score (nSPS) is 18.7. The van der Waals surface area contributed by atoms with Crippen LogP contribution in [0.4, 0.5) is 4.39 Å². The first-order chi connectivity index (χ1) is 14.9. The summed E-state index contributed by atoms with van der Waals surface area (Å²) in [6, 6.07) is 14.1. The molecule has 0 aromatic heterocycles. The van der Waals surface area contributed by atoms with Crippen LogP contribution in [0.5, 0.6) is 0 Å². The number of aliphatic imine (C=N–C) groups is 1. The molecular formula is C24H32FIN4O2. The predicted molar refractivity (Wildman–Crippen MR) is 136 cm³/mol. The highest BCUT2D eigenvalue weighted by Gasteiger charge is 2.26. The monoisotopic (exact) mass is 554 g/mol. The van der Waals surface area contributed by atoms with Gasteiger partial charge in [-0.05, 0) is 49.2 Å². The van der Waals surface area contributed by atoms with Crippen molar-refractivity contribution in [2.24, 2.45) is 4.99 Å². The Bertz CT molecular complexity index is 895. The van der Waals surface area contributed by atoms with Crippen LogP contribution in [-0.4, -0.2) is 61.1 Å². The number of ether oxygens (including phenoxy) is 1. The highest BCUT2D eigenvalue weighted by atomic mass is 127. The lowest BCUT2D eigenvalue weighted by atomic mass is 10.1. The zero-order chi connectivity index (χ0) is 22.4. The van der Waals surface area contributed by atoms with Crippen molar-refractivity contribution in [2.75, 3.05) is 27.2 Å². The lowest BCUT2D eigenvalue weighted by Gasteiger charge is -2.35. The summed E-state index contributed by atoms with van der Waals surface area (Å²) >= 11 is 0. The van der Waals surface area contributed by atoms with E-state index < -0.39 is 0 Å². The molecular weight excluding hydrogens is 522 g/mol. The molecule has 174 valence electrons. The summed E-state index contributed by atoms with van der Waals surface area (Å²) in [5, 5.41) is 3.33. The Morgan fingerprint density at radius 3 is 2.22 bits per heavy atom. The average molecular weight is 554 g/mol. The van der Waals surface area contributed by atoms with Gasteiger partial charge in [-0.1, -0.05) is 24.3 Å². The molecule has 1 fully saturated rings. The third-order valence-corrected chi connectivity index (χ3v) is 5.26. The molecule has 0 spiro atoms. The zero-order valence-corrected chi connectivity index (χ0v) is 21.4. The Labute approximate surface area is 206 Å². The lowest BCUT2D eigenvalue weighted by molar-refractivity contribution is -0.0586. The fourth-order valence-electron chi connectivity index (χ4n) is 3.80. The van der Waals surface area contributed by atoms with E-state index in [1.54, 1.807) is 19.2 Å². The van der Waals surface area contributed by atoms with Gasteiger partial charge < -0.3 is 19.9 Å². The molecule has 0 radical (unpaired) electrons. The molecule has 2 unspecified atom stereocenters. The van der Waals surface area contributed by atoms with Gasteiger partial charge in [-0.3, -0.25) is 9.79 Å². The van der Waals surface area contributed by atoms with Gasteiger partial charge in [0.1, 0.15) is 5.82 Å². The summed E-state index contributed by atoms with van der Waals surface area (Å²) in [7, 11) is 3.67. The predicted octanol–water partition coefficient (Wildman–Crippen LogP) is 3.90. The molecule has 32 heavy (non-hydrogen) atoms. The van der Waals surface area contributed by atoms with Crippen molar-refractivity contribution < 1.29 is 13.9 Å². The molecule has 0 saturated carbocycles. The number of morpholine rings is 1. The van der Waals surface area contributed by atoms with Crippen molar-refractivity contribution in [3.05, 3.63) is 71.0 Å². The Hall–Kier alpha value is -2.20. The molecule has 1 heterocycles. The van der Waals surface area contributed by atoms with Crippen molar-refractivity contribution in [2.45, 2.75) is 39.1 Å². The number of rotatable bonds is 5. The largest absolute Gasteiger partial charge is 0.372 e. The number of nitrogens with zero attached hydrogens (tertiary/aromatic N) is 3. The van der Waals surface area contributed by atoms with E-state index in [0.717, 1.165) is 17.1 Å². The minimum absolute atomic E-state index is 0. The minimum Gasteiger partial charge on any atom is -0.372 e. The zero-order valence-electron chi connectivity index (χ0n) is 19.0. The molecule has 2 aromatic rings. The fraction of sp³-hybridized carbons (Fsp3) is 0.417. The number of halogens is 2. The second-order valence-corrected chi connectivity index (χ2v) is 8.05. The second-order valence-electron chi connectivity index (χ2n) is 8.05. The standard InChI is InChI=1S/C24H31FN4O2.HI/c1-17-14-29(15-18(2)31-17)23(30)21-9-5-19(6-10-21)13-27-24(26-3)28(4)16-20-7-11-22(25)12-8-20;/h5-12,17-18H,13-16H2,1-4H3,(H,26,27);1H. The van der Waals surface area contributed by atoms with Gasteiger partial charge in [0.25, 0.3) is 5.91 Å². The number of carbonyl (C=O) groups excluding carboxylic acids is 1. The molecule has 3 rings (SSSR count). The molecule has 0 aliphatic carbocycles. The summed E-state index contributed by atoms with van der Waals surface area (Å²) in [6.45, 7) is 6.41. The van der Waals surface area contributed by atoms with Crippen molar-refractivity contribution in [1.82, 2.24) is 15.1 Å². The SMILES string of the molecule is CN=C(NCc1ccc(C(=O)N2CC(C)OC(C)C2)cc1)N(C)Cc1ccc(F)cc1.I. The van der Waals surface area contributed by atoms with E-state index in [-0.39, 0.29) is 47.9 Å². The number of hydrogen-bond acceptors (Lipinski definition) is 3. The van der Waals surface area contributed by atoms with Gasteiger partial charge in [0.15, 0.2) is 5.96 Å². The maximum absolute atomic E-state index is 13.1. The average Bonchev–Trinajstić information content (AvgIpc) is 2.75. The highest BCUT2D eigenvalue weighted by Crippen LogP contribution is 2.15. The molecule has 2 aromatic carbocycles. The molecule has 1 N–H and O–H groups in total. The molecule has 2 atom stereocenters. The van der Waals surface area contributed by atoms with Crippen LogP contribution in [0.25, 0.3) is 0 Å². The topological polar surface area (TPSA) is 57.2 Å². The van der Waals surface area contributed by atoms with Gasteiger partial charge in [0, 0.05) is 45.8 Å². The first-order valence-electron chi connectivity index (χ1n) is 10.6. The van der Waals surface area contributed by atoms with Gasteiger partial charge in [0.05, 0.1) is 12.2 Å². The number of hydrogen-bond donors (Lipinski definition) is 1. The van der Waals surface area contributed by atoms with E-state index >= 15 is 0 Å². The van der Waals surface area contributed by atoms with Crippen LogP contribution in [0, 0.1) is 5.82 Å². The van der Waals surface area contributed by atoms with Crippen LogP contribution >= 0.6 is 24.0 Å². The summed E-state index contributed by atoms with van der Waals surface area (Å²) in [5.74, 6) is 0.533. The molecule has 6 nitrogen and oxygen atoms in total. The van der Waals surface area contributed by atoms with Crippen LogP contribution in [0.3, 0.4) is 0 Å². The minimum atomic E-state index is -0.242. The van der Waals surface area contributed by atoms with Crippen LogP contribution in [-0.2, 0) is 17.8 Å². The van der Waals surface area contributed by atoms with E-state index in [4.69, 9.17) is 4.74 Å². The molecule has 1 aliphatic rings. The Morgan fingerprint density at radius 1 is 1.09 bits per heavy atom. The number of nitrogens with one attached hydrogen (secondary N) is 1. The first kappa shape index (κ1) is 26.1.